The SMILES string of the molecule is Cc1ncsc1CCC(=O)N(C)[C@H](C)c1cc(-c2ccccc2)n[nH]1. The number of nitrogens with one attached hydrogen (secondary N) is 1. The largest absolute Gasteiger partial charge is 0.337 e. The van der Waals surface area contributed by atoms with E-state index in [1.165, 1.54) is 4.88 Å². The molecule has 130 valence electrons. The number of aromatic nitrogens is 3. The second-order valence-corrected chi connectivity index (χ2v) is 7.06. The molecule has 0 fully saturated rings. The van der Waals surface area contributed by atoms with E-state index >= 15 is 0 Å². The van der Waals surface area contributed by atoms with Gasteiger partial charge in [-0.1, -0.05) is 30.3 Å². The number of hydrogen-bond acceptors (Lipinski definition) is 4. The minimum absolute atomic E-state index is 0.0555. The molecule has 0 saturated carbocycles. The van der Waals surface area contributed by atoms with Crippen molar-refractivity contribution in [1.82, 2.24) is 20.1 Å². The number of aryl methyl sites for hydroxylation is 2. The Kier molecular flexibility index (Phi) is 5.28. The molecule has 3 aromatic rings. The van der Waals surface area contributed by atoms with Crippen LogP contribution in [0.2, 0.25) is 0 Å². The van der Waals surface area contributed by atoms with E-state index in [9.17, 15) is 4.79 Å². The fourth-order valence-electron chi connectivity index (χ4n) is 2.69. The summed E-state index contributed by atoms with van der Waals surface area (Å²) in [5, 5.41) is 7.44. The van der Waals surface area contributed by atoms with Gasteiger partial charge in [0.05, 0.1) is 28.6 Å². The van der Waals surface area contributed by atoms with E-state index in [2.05, 4.69) is 15.2 Å². The molecule has 0 bridgehead atoms. The van der Waals surface area contributed by atoms with Gasteiger partial charge in [-0.2, -0.15) is 5.10 Å². The molecule has 2 aromatic heterocycles. The van der Waals surface area contributed by atoms with E-state index in [1.54, 1.807) is 16.2 Å². The van der Waals surface area contributed by atoms with Gasteiger partial charge in [0.25, 0.3) is 0 Å². The summed E-state index contributed by atoms with van der Waals surface area (Å²) >= 11 is 1.61. The molecule has 0 radical (unpaired) electrons. The highest BCUT2D eigenvalue weighted by Gasteiger charge is 2.20. The molecule has 5 nitrogen and oxygen atoms in total. The number of rotatable bonds is 6. The maximum absolute atomic E-state index is 12.5. The molecule has 0 aliphatic carbocycles. The highest BCUT2D eigenvalue weighted by molar-refractivity contribution is 7.09. The van der Waals surface area contributed by atoms with E-state index in [-0.39, 0.29) is 11.9 Å². The van der Waals surface area contributed by atoms with Gasteiger partial charge in [0.15, 0.2) is 0 Å². The monoisotopic (exact) mass is 354 g/mol. The zero-order valence-corrected chi connectivity index (χ0v) is 15.5. The number of aromatic amines is 1. The summed E-state index contributed by atoms with van der Waals surface area (Å²) in [6, 6.07) is 12.0. The Morgan fingerprint density at radius 1 is 1.32 bits per heavy atom. The van der Waals surface area contributed by atoms with Crippen molar-refractivity contribution in [2.24, 2.45) is 0 Å². The van der Waals surface area contributed by atoms with E-state index in [4.69, 9.17) is 0 Å². The predicted molar refractivity (Wildman–Crippen MR) is 100 cm³/mol. The first-order chi connectivity index (χ1) is 12.1. The Morgan fingerprint density at radius 2 is 2.08 bits per heavy atom. The van der Waals surface area contributed by atoms with Crippen LogP contribution in [0.5, 0.6) is 0 Å². The van der Waals surface area contributed by atoms with Gasteiger partial charge in [0, 0.05) is 23.9 Å². The average Bonchev–Trinajstić information content (AvgIpc) is 3.28. The predicted octanol–water partition coefficient (Wildman–Crippen LogP) is 3.99. The maximum atomic E-state index is 12.5. The topological polar surface area (TPSA) is 61.9 Å². The molecule has 1 amide bonds. The van der Waals surface area contributed by atoms with E-state index in [0.29, 0.717) is 6.42 Å². The summed E-state index contributed by atoms with van der Waals surface area (Å²) in [5.74, 6) is 0.121. The Morgan fingerprint density at radius 3 is 2.76 bits per heavy atom. The molecule has 0 aliphatic rings. The lowest BCUT2D eigenvalue weighted by Gasteiger charge is -2.23. The summed E-state index contributed by atoms with van der Waals surface area (Å²) < 4.78 is 0. The smallest absolute Gasteiger partial charge is 0.223 e. The zero-order chi connectivity index (χ0) is 17.8. The van der Waals surface area contributed by atoms with Gasteiger partial charge >= 0.3 is 0 Å². The highest BCUT2D eigenvalue weighted by atomic mass is 32.1. The Balaban J connectivity index is 1.64. The van der Waals surface area contributed by atoms with Crippen molar-refractivity contribution in [2.75, 3.05) is 7.05 Å². The van der Waals surface area contributed by atoms with Gasteiger partial charge in [0.1, 0.15) is 0 Å². The molecule has 6 heteroatoms. The van der Waals surface area contributed by atoms with Crippen LogP contribution in [0.25, 0.3) is 11.3 Å². The standard InChI is InChI=1S/C19H22N4OS/c1-13-18(25-12-20-13)9-10-19(24)23(3)14(2)16-11-17(22-21-16)15-7-5-4-6-8-15/h4-8,11-12,14H,9-10H2,1-3H3,(H,21,22)/t14-/m1/s1. The van der Waals surface area contributed by atoms with Crippen LogP contribution in [-0.2, 0) is 11.2 Å². The van der Waals surface area contributed by atoms with Crippen molar-refractivity contribution < 1.29 is 4.79 Å². The van der Waals surface area contributed by atoms with Crippen LogP contribution in [0.4, 0.5) is 0 Å². The summed E-state index contributed by atoms with van der Waals surface area (Å²) in [5.41, 5.74) is 5.74. The number of carbonyl (C=O) groups excluding carboxylic acids is 1. The van der Waals surface area contributed by atoms with Gasteiger partial charge < -0.3 is 4.90 Å². The molecular formula is C19H22N4OS. The minimum Gasteiger partial charge on any atom is -0.337 e. The van der Waals surface area contributed by atoms with E-state index in [1.807, 2.05) is 62.8 Å². The quantitative estimate of drug-likeness (QED) is 0.728. The minimum atomic E-state index is -0.0555. The third-order valence-electron chi connectivity index (χ3n) is 4.50. The van der Waals surface area contributed by atoms with Gasteiger partial charge in [-0.15, -0.1) is 11.3 Å². The van der Waals surface area contributed by atoms with Crippen LogP contribution >= 0.6 is 11.3 Å². The van der Waals surface area contributed by atoms with E-state index < -0.39 is 0 Å². The third-order valence-corrected chi connectivity index (χ3v) is 5.50. The van der Waals surface area contributed by atoms with Crippen molar-refractivity contribution >= 4 is 17.2 Å². The van der Waals surface area contributed by atoms with Crippen LogP contribution in [-0.4, -0.2) is 33.0 Å². The van der Waals surface area contributed by atoms with Crippen LogP contribution < -0.4 is 0 Å². The molecule has 25 heavy (non-hydrogen) atoms. The van der Waals surface area contributed by atoms with Crippen molar-refractivity contribution in [3.63, 3.8) is 0 Å². The molecule has 3 rings (SSSR count). The lowest BCUT2D eigenvalue weighted by molar-refractivity contribution is -0.131. The Bertz CT molecular complexity index is 840. The molecule has 0 unspecified atom stereocenters. The fraction of sp³-hybridized carbons (Fsp3) is 0.316. The van der Waals surface area contributed by atoms with E-state index in [0.717, 1.165) is 29.1 Å². The van der Waals surface area contributed by atoms with Gasteiger partial charge in [-0.05, 0) is 26.3 Å². The maximum Gasteiger partial charge on any atom is 0.223 e. The summed E-state index contributed by atoms with van der Waals surface area (Å²) in [6.07, 6.45) is 1.23. The number of thiazole rings is 1. The summed E-state index contributed by atoms with van der Waals surface area (Å²) in [4.78, 5) is 19.7. The summed E-state index contributed by atoms with van der Waals surface area (Å²) in [7, 11) is 1.84. The number of carbonyl (C=O) groups is 1. The highest BCUT2D eigenvalue weighted by Crippen LogP contribution is 2.24. The fourth-order valence-corrected chi connectivity index (χ4v) is 3.48. The molecule has 0 spiro atoms. The molecule has 2 heterocycles. The van der Waals surface area contributed by atoms with Crippen LogP contribution in [0.1, 0.15) is 35.7 Å². The number of amides is 1. The summed E-state index contributed by atoms with van der Waals surface area (Å²) in [6.45, 7) is 4.00. The van der Waals surface area contributed by atoms with Crippen molar-refractivity contribution in [2.45, 2.75) is 32.7 Å². The molecule has 1 aromatic carbocycles. The first-order valence-electron chi connectivity index (χ1n) is 8.31. The normalized spacial score (nSPS) is 12.1. The Hall–Kier alpha value is -2.47. The second-order valence-electron chi connectivity index (χ2n) is 6.12. The molecule has 1 atom stereocenters. The lowest BCUT2D eigenvalue weighted by atomic mass is 10.1. The average molecular weight is 354 g/mol. The van der Waals surface area contributed by atoms with Crippen molar-refractivity contribution in [3.8, 4) is 11.3 Å². The van der Waals surface area contributed by atoms with Gasteiger partial charge in [0.2, 0.25) is 5.91 Å². The molecule has 1 N–H and O–H groups in total. The zero-order valence-electron chi connectivity index (χ0n) is 14.7. The molecular weight excluding hydrogens is 332 g/mol. The van der Waals surface area contributed by atoms with Crippen molar-refractivity contribution in [3.05, 3.63) is 58.2 Å². The lowest BCUT2D eigenvalue weighted by Crippen LogP contribution is -2.30. The van der Waals surface area contributed by atoms with Crippen LogP contribution in [0.3, 0.4) is 0 Å². The Labute approximate surface area is 151 Å². The van der Waals surface area contributed by atoms with Crippen LogP contribution in [0.15, 0.2) is 41.9 Å². The third kappa shape index (κ3) is 3.96. The van der Waals surface area contributed by atoms with Crippen molar-refractivity contribution in [1.29, 1.82) is 0 Å². The second kappa shape index (κ2) is 7.61. The molecule has 0 saturated heterocycles. The van der Waals surface area contributed by atoms with Gasteiger partial charge in [-0.3, -0.25) is 9.89 Å². The number of H-pyrrole nitrogens is 1. The molecule has 0 aliphatic heterocycles. The van der Waals surface area contributed by atoms with Crippen LogP contribution in [0, 0.1) is 6.92 Å². The number of hydrogen-bond donors (Lipinski definition) is 1. The first kappa shape index (κ1) is 17.4. The number of nitrogens with zero attached hydrogens (tertiary/aromatic N) is 3. The van der Waals surface area contributed by atoms with Gasteiger partial charge in [-0.25, -0.2) is 4.98 Å². The first-order valence-corrected chi connectivity index (χ1v) is 9.19. The number of benzene rings is 1.